The fourth-order valence-corrected chi connectivity index (χ4v) is 10.5. The van der Waals surface area contributed by atoms with E-state index in [2.05, 4.69) is 42.5 Å². The Hall–Kier alpha value is -2.63. The molecule has 2 aliphatic rings. The first-order chi connectivity index (χ1) is 20.7. The summed E-state index contributed by atoms with van der Waals surface area (Å²) in [6.07, 6.45) is 14.0. The Morgan fingerprint density at radius 3 is 1.74 bits per heavy atom. The quantitative estimate of drug-likeness (QED) is 0.0913. The molecule has 0 amide bonds. The van der Waals surface area contributed by atoms with E-state index in [4.69, 9.17) is 15.2 Å². The van der Waals surface area contributed by atoms with Crippen molar-refractivity contribution in [3.05, 3.63) is 97.1 Å². The van der Waals surface area contributed by atoms with Gasteiger partial charge in [-0.3, -0.25) is 0 Å². The maximum atomic E-state index is 5.83. The van der Waals surface area contributed by atoms with Gasteiger partial charge in [-0.05, 0) is 60.9 Å². The average Bonchev–Trinajstić information content (AvgIpc) is 3.07. The number of benzene rings is 4. The topological polar surface area (TPSA) is 44.5 Å². The molecule has 3 nitrogen and oxygen atoms in total. The molecule has 4 aromatic rings. The molecule has 5 heteroatoms. The van der Waals surface area contributed by atoms with E-state index in [0.717, 1.165) is 45.2 Å². The minimum absolute atomic E-state index is 0. The molecule has 6 rings (SSSR count). The summed E-state index contributed by atoms with van der Waals surface area (Å²) in [6, 6.07) is 35.2. The van der Waals surface area contributed by atoms with Crippen molar-refractivity contribution in [3.8, 4) is 33.8 Å². The Morgan fingerprint density at radius 2 is 1.19 bits per heavy atom. The molecule has 4 aromatic carbocycles. The van der Waals surface area contributed by atoms with Crippen LogP contribution in [0.1, 0.15) is 64.2 Å². The van der Waals surface area contributed by atoms with Gasteiger partial charge in [-0.1, -0.05) is 76.3 Å². The molecule has 0 unspecified atom stereocenters. The smallest absolute Gasteiger partial charge is 0.497 e. The van der Waals surface area contributed by atoms with E-state index >= 15 is 0 Å². The first-order valence-corrected chi connectivity index (χ1v) is 17.0. The molecule has 0 spiro atoms. The third-order valence-corrected chi connectivity index (χ3v) is 12.2. The van der Waals surface area contributed by atoms with Crippen LogP contribution in [-0.2, 0) is 20.4 Å². The van der Waals surface area contributed by atoms with E-state index in [-0.39, 0.29) is 28.3 Å². The van der Waals surface area contributed by atoms with Crippen LogP contribution >= 0.6 is 7.92 Å². The van der Waals surface area contributed by atoms with Crippen LogP contribution in [0.2, 0.25) is 0 Å². The number of nitrogen functional groups attached to an aromatic ring is 1. The van der Waals surface area contributed by atoms with Gasteiger partial charge in [0, 0.05) is 5.56 Å². The number of rotatable bonds is 7. The van der Waals surface area contributed by atoms with Crippen LogP contribution in [0.15, 0.2) is 84.9 Å². The number of para-hydroxylation sites is 1. The molecule has 2 N–H and O–H groups in total. The van der Waals surface area contributed by atoms with Crippen LogP contribution in [0.25, 0.3) is 22.3 Å². The summed E-state index contributed by atoms with van der Waals surface area (Å²) in [5.74, 6) is 1.79. The maximum absolute atomic E-state index is 5.83. The minimum atomic E-state index is -0.238. The number of nitrogens with two attached hydrogens (primary N) is 1. The summed E-state index contributed by atoms with van der Waals surface area (Å²) in [5, 5.41) is 1.46. The van der Waals surface area contributed by atoms with E-state index < -0.39 is 0 Å². The van der Waals surface area contributed by atoms with Gasteiger partial charge in [0.1, 0.15) is 11.5 Å². The van der Waals surface area contributed by atoms with Gasteiger partial charge in [-0.15, -0.1) is 46.8 Å². The predicted molar refractivity (Wildman–Crippen MR) is 179 cm³/mol. The van der Waals surface area contributed by atoms with Gasteiger partial charge < -0.3 is 15.2 Å². The summed E-state index contributed by atoms with van der Waals surface area (Å²) in [6.45, 7) is 0. The number of ether oxygens (including phenoxy) is 2. The van der Waals surface area contributed by atoms with Crippen molar-refractivity contribution in [2.24, 2.45) is 0 Å². The zero-order chi connectivity index (χ0) is 29.1. The second-order valence-corrected chi connectivity index (χ2v) is 14.0. The molecule has 0 heterocycles. The SMILES string of the molecule is COc1cccc(OC)c1-c1ccc[c-]c1P(C1CCCCC1)C1CCCCC1.Nc1ccccc1-c1[c-]cccc1.[Pd+2]. The van der Waals surface area contributed by atoms with E-state index in [1.54, 1.807) is 14.2 Å². The fourth-order valence-electron chi connectivity index (χ4n) is 6.64. The average molecular weight is 684 g/mol. The zero-order valence-electron chi connectivity index (χ0n) is 25.5. The molecule has 0 bridgehead atoms. The van der Waals surface area contributed by atoms with Crippen LogP contribution in [0.4, 0.5) is 5.69 Å². The molecular weight excluding hydrogens is 640 g/mol. The van der Waals surface area contributed by atoms with Crippen molar-refractivity contribution in [3.63, 3.8) is 0 Å². The zero-order valence-corrected chi connectivity index (χ0v) is 27.9. The van der Waals surface area contributed by atoms with Gasteiger partial charge >= 0.3 is 20.4 Å². The molecule has 43 heavy (non-hydrogen) atoms. The van der Waals surface area contributed by atoms with Crippen LogP contribution in [0.3, 0.4) is 0 Å². The molecule has 2 fully saturated rings. The van der Waals surface area contributed by atoms with Gasteiger partial charge in [-0.25, -0.2) is 0 Å². The van der Waals surface area contributed by atoms with E-state index in [1.807, 2.05) is 54.6 Å². The molecule has 0 aromatic heterocycles. The Bertz CT molecular complexity index is 1360. The fraction of sp³-hybridized carbons (Fsp3) is 0.368. The van der Waals surface area contributed by atoms with E-state index in [1.165, 1.54) is 75.1 Å². The van der Waals surface area contributed by atoms with Crippen molar-refractivity contribution >= 4 is 18.9 Å². The monoisotopic (exact) mass is 683 g/mol. The van der Waals surface area contributed by atoms with Crippen molar-refractivity contribution in [2.45, 2.75) is 75.5 Å². The minimum Gasteiger partial charge on any atom is -0.497 e. The summed E-state index contributed by atoms with van der Waals surface area (Å²) >= 11 is 0. The van der Waals surface area contributed by atoms with E-state index in [0.29, 0.717) is 0 Å². The van der Waals surface area contributed by atoms with Crippen LogP contribution in [0, 0.1) is 12.1 Å². The van der Waals surface area contributed by atoms with Gasteiger partial charge in [0.15, 0.2) is 0 Å². The normalized spacial score (nSPS) is 15.6. The first-order valence-electron chi connectivity index (χ1n) is 15.5. The molecule has 0 saturated heterocycles. The number of hydrogen-bond donors (Lipinski definition) is 1. The number of hydrogen-bond acceptors (Lipinski definition) is 3. The number of anilines is 1. The predicted octanol–water partition coefficient (Wildman–Crippen LogP) is 9.68. The molecule has 0 atom stereocenters. The Kier molecular flexibility index (Phi) is 13.2. The first kappa shape index (κ1) is 33.3. The summed E-state index contributed by atoms with van der Waals surface area (Å²) < 4.78 is 11.6. The van der Waals surface area contributed by atoms with Crippen molar-refractivity contribution in [2.75, 3.05) is 20.0 Å². The third kappa shape index (κ3) is 8.30. The van der Waals surface area contributed by atoms with Crippen LogP contribution in [-0.4, -0.2) is 25.5 Å². The van der Waals surface area contributed by atoms with Crippen LogP contribution in [0.5, 0.6) is 11.5 Å². The Labute approximate surface area is 274 Å². The van der Waals surface area contributed by atoms with E-state index in [9.17, 15) is 0 Å². The van der Waals surface area contributed by atoms with Gasteiger partial charge in [0.2, 0.25) is 0 Å². The largest absolute Gasteiger partial charge is 2.00 e. The molecule has 2 saturated carbocycles. The molecule has 228 valence electrons. The van der Waals surface area contributed by atoms with Gasteiger partial charge in [0.25, 0.3) is 0 Å². The van der Waals surface area contributed by atoms with Crippen molar-refractivity contribution in [1.82, 2.24) is 0 Å². The Balaban J connectivity index is 0.000000253. The van der Waals surface area contributed by atoms with Crippen LogP contribution < -0.4 is 20.5 Å². The summed E-state index contributed by atoms with van der Waals surface area (Å²) in [4.78, 5) is 0. The Morgan fingerprint density at radius 1 is 0.628 bits per heavy atom. The molecule has 0 radical (unpaired) electrons. The summed E-state index contributed by atoms with van der Waals surface area (Å²) in [5.41, 5.74) is 12.8. The molecular formula is C38H44NO2PPd. The van der Waals surface area contributed by atoms with Gasteiger partial charge in [-0.2, -0.15) is 24.3 Å². The van der Waals surface area contributed by atoms with Gasteiger partial charge in [0.05, 0.1) is 14.2 Å². The molecule has 2 aliphatic carbocycles. The molecule has 0 aliphatic heterocycles. The maximum Gasteiger partial charge on any atom is 2.00 e. The summed E-state index contributed by atoms with van der Waals surface area (Å²) in [7, 11) is 3.28. The second-order valence-electron chi connectivity index (χ2n) is 11.3. The number of methoxy groups -OCH3 is 2. The van der Waals surface area contributed by atoms with Crippen molar-refractivity contribution in [1.29, 1.82) is 0 Å². The second kappa shape index (κ2) is 17.0. The third-order valence-electron chi connectivity index (χ3n) is 8.69. The standard InChI is InChI=1S/C26H34O2P.C12H10N.Pd/c1-27-23-17-11-18-24(28-2)26(23)22-16-9-10-19-25(22)29(20-12-5-3-6-13-20)21-14-7-4-8-15-21;13-12-9-5-4-8-11(12)10-6-2-1-3-7-10;/h9-11,16-18,20-21H,3-8,12-15H2,1-2H3;1-6,8-9H,13H2;/q2*-1;+2. The van der Waals surface area contributed by atoms with Crippen molar-refractivity contribution < 1.29 is 29.9 Å².